The molecule has 0 spiro atoms. The van der Waals surface area contributed by atoms with Crippen LogP contribution in [0.25, 0.3) is 0 Å². The fraction of sp³-hybridized carbons (Fsp3) is 0.951. The van der Waals surface area contributed by atoms with Crippen molar-refractivity contribution in [3.8, 4) is 0 Å². The Morgan fingerprint density at radius 1 is 0.486 bits per heavy atom. The number of likely N-dealkylation sites (N-methyl/N-ethyl adjacent to an activating group) is 1. The van der Waals surface area contributed by atoms with Crippen molar-refractivity contribution in [1.29, 1.82) is 0 Å². The summed E-state index contributed by atoms with van der Waals surface area (Å²) in [4.78, 5) is 25.5. The molecule has 9 heteroatoms. The van der Waals surface area contributed by atoms with Crippen molar-refractivity contribution in [2.45, 2.75) is 334 Å². The van der Waals surface area contributed by atoms with Crippen LogP contribution in [0, 0.1) is 0 Å². The van der Waals surface area contributed by atoms with E-state index in [0.717, 1.165) is 38.5 Å². The Labute approximate surface area is 437 Å². The van der Waals surface area contributed by atoms with Gasteiger partial charge in [-0.05, 0) is 19.3 Å². The molecular formula is C61H123N2O6P. The molecule has 0 aromatic rings. The number of quaternary nitrogens is 1. The maximum Gasteiger partial charge on any atom is 0.268 e. The number of hydrogen-bond acceptors (Lipinski definition) is 6. The van der Waals surface area contributed by atoms with E-state index in [1.54, 1.807) is 6.08 Å². The molecule has 8 nitrogen and oxygen atoms in total. The van der Waals surface area contributed by atoms with E-state index in [-0.39, 0.29) is 19.1 Å². The van der Waals surface area contributed by atoms with Crippen molar-refractivity contribution >= 4 is 13.7 Å². The molecule has 0 aliphatic heterocycles. The topological polar surface area (TPSA) is 108 Å². The number of aliphatic hydroxyl groups is 1. The smallest absolute Gasteiger partial charge is 0.268 e. The van der Waals surface area contributed by atoms with Gasteiger partial charge in [0.05, 0.1) is 39.9 Å². The summed E-state index contributed by atoms with van der Waals surface area (Å²) in [5.41, 5.74) is 0. The number of hydrogen-bond donors (Lipinski definition) is 2. The first kappa shape index (κ1) is 69.2. The minimum atomic E-state index is -4.59. The van der Waals surface area contributed by atoms with Gasteiger partial charge in [0.25, 0.3) is 7.82 Å². The normalized spacial score (nSPS) is 13.9. The van der Waals surface area contributed by atoms with Crippen LogP contribution in [-0.2, 0) is 18.4 Å². The van der Waals surface area contributed by atoms with Gasteiger partial charge in [0.15, 0.2) is 0 Å². The number of nitrogens with zero attached hydrogens (tertiary/aromatic N) is 1. The zero-order valence-corrected chi connectivity index (χ0v) is 48.6. The molecule has 0 bridgehead atoms. The lowest BCUT2D eigenvalue weighted by atomic mass is 10.0. The Balaban J connectivity index is 3.96. The van der Waals surface area contributed by atoms with Crippen LogP contribution in [0.15, 0.2) is 12.2 Å². The van der Waals surface area contributed by atoms with E-state index in [1.807, 2.05) is 27.2 Å². The largest absolute Gasteiger partial charge is 0.756 e. The number of unbranched alkanes of at least 4 members (excludes halogenated alkanes) is 45. The lowest BCUT2D eigenvalue weighted by Crippen LogP contribution is -2.45. The molecule has 1 unspecified atom stereocenters. The van der Waals surface area contributed by atoms with Gasteiger partial charge in [0.2, 0.25) is 5.91 Å². The van der Waals surface area contributed by atoms with Crippen LogP contribution in [0.2, 0.25) is 0 Å². The predicted molar refractivity (Wildman–Crippen MR) is 302 cm³/mol. The molecule has 1 amide bonds. The van der Waals surface area contributed by atoms with Gasteiger partial charge >= 0.3 is 0 Å². The number of phosphoric ester groups is 1. The van der Waals surface area contributed by atoms with Crippen molar-refractivity contribution in [2.24, 2.45) is 0 Å². The molecule has 0 aromatic heterocycles. The van der Waals surface area contributed by atoms with Gasteiger partial charge in [0, 0.05) is 6.42 Å². The second kappa shape index (κ2) is 53.1. The summed E-state index contributed by atoms with van der Waals surface area (Å²) in [5, 5.41) is 13.9. The molecule has 0 radical (unpaired) electrons. The third-order valence-corrected chi connectivity index (χ3v) is 15.5. The first-order chi connectivity index (χ1) is 34.0. The minimum absolute atomic E-state index is 0.00259. The number of carbonyl (C=O) groups excluding carboxylic acids is 1. The molecule has 0 heterocycles. The van der Waals surface area contributed by atoms with Gasteiger partial charge in [-0.3, -0.25) is 9.36 Å². The molecule has 0 saturated carbocycles. The average molecular weight is 1010 g/mol. The summed E-state index contributed by atoms with van der Waals surface area (Å²) in [6.45, 7) is 4.70. The maximum atomic E-state index is 13.0. The number of nitrogens with one attached hydrogen (secondary N) is 1. The minimum Gasteiger partial charge on any atom is -0.756 e. The number of allylic oxidation sites excluding steroid dienone is 1. The van der Waals surface area contributed by atoms with Gasteiger partial charge in [-0.2, -0.15) is 0 Å². The van der Waals surface area contributed by atoms with Crippen molar-refractivity contribution in [2.75, 3.05) is 40.9 Å². The predicted octanol–water partition coefficient (Wildman–Crippen LogP) is 18.4. The number of aliphatic hydroxyl groups excluding tert-OH is 1. The number of phosphoric acid groups is 1. The van der Waals surface area contributed by atoms with Crippen molar-refractivity contribution < 1.29 is 32.9 Å². The molecule has 0 aliphatic carbocycles. The summed E-state index contributed by atoms with van der Waals surface area (Å²) in [6.07, 6.45) is 66.0. The summed E-state index contributed by atoms with van der Waals surface area (Å²) in [5.74, 6) is -0.190. The Morgan fingerprint density at radius 2 is 0.771 bits per heavy atom. The summed E-state index contributed by atoms with van der Waals surface area (Å²) in [6, 6.07) is -0.882. The van der Waals surface area contributed by atoms with Gasteiger partial charge in [-0.25, -0.2) is 0 Å². The van der Waals surface area contributed by atoms with Crippen LogP contribution in [-0.4, -0.2) is 68.5 Å². The Bertz CT molecular complexity index is 1150. The SMILES string of the molecule is CCCCCCCCCCCCCCC/C=C/[C@@H](O)[C@H](COP(=O)([O-])OCC[N+](C)(C)C)NC(=O)CCCCCCCCCCCCCCCCCCCCCCCCCCCCCCCCCCC. The first-order valence-electron chi connectivity index (χ1n) is 31.1. The summed E-state index contributed by atoms with van der Waals surface area (Å²) in [7, 11) is 1.28. The maximum absolute atomic E-state index is 13.0. The van der Waals surface area contributed by atoms with E-state index in [4.69, 9.17) is 9.05 Å². The molecule has 0 aliphatic rings. The van der Waals surface area contributed by atoms with Crippen LogP contribution >= 0.6 is 7.82 Å². The number of carbonyl (C=O) groups is 1. The van der Waals surface area contributed by atoms with Crippen LogP contribution in [0.1, 0.15) is 322 Å². The van der Waals surface area contributed by atoms with E-state index >= 15 is 0 Å². The molecule has 0 saturated heterocycles. The van der Waals surface area contributed by atoms with Gasteiger partial charge in [-0.15, -0.1) is 0 Å². The summed E-state index contributed by atoms with van der Waals surface area (Å²) >= 11 is 0. The van der Waals surface area contributed by atoms with E-state index < -0.39 is 20.0 Å². The third-order valence-electron chi connectivity index (χ3n) is 14.5. The van der Waals surface area contributed by atoms with Gasteiger partial charge in [0.1, 0.15) is 13.2 Å². The third kappa shape index (κ3) is 55.0. The molecule has 0 aromatic carbocycles. The fourth-order valence-corrected chi connectivity index (χ4v) is 10.4. The lowest BCUT2D eigenvalue weighted by Gasteiger charge is -2.29. The monoisotopic (exact) mass is 1010 g/mol. The molecule has 418 valence electrons. The second-order valence-electron chi connectivity index (χ2n) is 22.8. The van der Waals surface area contributed by atoms with E-state index in [2.05, 4.69) is 19.2 Å². The standard InChI is InChI=1S/C61H123N2O6P/c1-6-8-10-12-14-16-18-20-22-23-24-25-26-27-28-29-30-31-32-33-34-35-36-37-38-39-41-43-45-47-49-51-53-55-61(65)62-59(58-69-70(66,67)68-57-56-63(3,4)5)60(64)54-52-50-48-46-44-42-40-21-19-17-15-13-11-9-7-2/h52,54,59-60,64H,6-51,53,55-58H2,1-5H3,(H-,62,65,66,67)/b54-52+/t59-,60+/m0/s1. The Hall–Kier alpha value is -0.760. The van der Waals surface area contributed by atoms with Crippen LogP contribution in [0.5, 0.6) is 0 Å². The molecule has 70 heavy (non-hydrogen) atoms. The number of rotatable bonds is 58. The van der Waals surface area contributed by atoms with Crippen molar-refractivity contribution in [1.82, 2.24) is 5.32 Å². The summed E-state index contributed by atoms with van der Waals surface area (Å²) < 4.78 is 23.3. The van der Waals surface area contributed by atoms with Crippen LogP contribution < -0.4 is 10.2 Å². The zero-order chi connectivity index (χ0) is 51.3. The zero-order valence-electron chi connectivity index (χ0n) is 47.8. The van der Waals surface area contributed by atoms with Crippen LogP contribution in [0.3, 0.4) is 0 Å². The fourth-order valence-electron chi connectivity index (χ4n) is 9.63. The Kier molecular flexibility index (Phi) is 52.5. The van der Waals surface area contributed by atoms with Gasteiger partial charge < -0.3 is 28.8 Å². The van der Waals surface area contributed by atoms with E-state index in [9.17, 15) is 19.4 Å². The second-order valence-corrected chi connectivity index (χ2v) is 24.2. The van der Waals surface area contributed by atoms with E-state index in [1.165, 1.54) is 263 Å². The number of amides is 1. The molecule has 2 N–H and O–H groups in total. The lowest BCUT2D eigenvalue weighted by molar-refractivity contribution is -0.870. The van der Waals surface area contributed by atoms with Crippen molar-refractivity contribution in [3.63, 3.8) is 0 Å². The highest BCUT2D eigenvalue weighted by molar-refractivity contribution is 7.45. The molecule has 0 fully saturated rings. The van der Waals surface area contributed by atoms with Gasteiger partial charge in [-0.1, -0.05) is 309 Å². The van der Waals surface area contributed by atoms with Crippen molar-refractivity contribution in [3.05, 3.63) is 12.2 Å². The quantitative estimate of drug-likeness (QED) is 0.0272. The van der Waals surface area contributed by atoms with Crippen LogP contribution in [0.4, 0.5) is 0 Å². The highest BCUT2D eigenvalue weighted by Gasteiger charge is 2.23. The average Bonchev–Trinajstić information content (AvgIpc) is 3.32. The highest BCUT2D eigenvalue weighted by atomic mass is 31.2. The molecular weight excluding hydrogens is 888 g/mol. The first-order valence-corrected chi connectivity index (χ1v) is 32.5. The van der Waals surface area contributed by atoms with E-state index in [0.29, 0.717) is 17.4 Å². The Morgan fingerprint density at radius 3 is 1.07 bits per heavy atom. The molecule has 0 rings (SSSR count). The highest BCUT2D eigenvalue weighted by Crippen LogP contribution is 2.38. The molecule has 3 atom stereocenters.